The third-order valence-electron chi connectivity index (χ3n) is 3.47. The number of aromatic nitrogens is 2. The smallest absolute Gasteiger partial charge is 0.127 e. The number of halogens is 2. The van der Waals surface area contributed by atoms with E-state index in [2.05, 4.69) is 37.6 Å². The standard InChI is InChI=1S/C13H14BrClN2/c1-8(15)13-16-11-6-5-9(14)7-12(11)17(13)10-3-2-4-10/h5-8,10H,2-4H2,1H3. The summed E-state index contributed by atoms with van der Waals surface area (Å²) in [5.41, 5.74) is 2.24. The minimum absolute atomic E-state index is 0.0400. The lowest BCUT2D eigenvalue weighted by atomic mass is 9.92. The highest BCUT2D eigenvalue weighted by Gasteiger charge is 2.26. The Morgan fingerprint density at radius 1 is 1.47 bits per heavy atom. The number of hydrogen-bond acceptors (Lipinski definition) is 1. The lowest BCUT2D eigenvalue weighted by molar-refractivity contribution is 0.313. The number of nitrogens with zero attached hydrogens (tertiary/aromatic N) is 2. The van der Waals surface area contributed by atoms with Crippen molar-refractivity contribution in [2.75, 3.05) is 0 Å². The molecule has 0 radical (unpaired) electrons. The van der Waals surface area contributed by atoms with Gasteiger partial charge in [0, 0.05) is 10.5 Å². The first-order valence-electron chi connectivity index (χ1n) is 5.98. The summed E-state index contributed by atoms with van der Waals surface area (Å²) in [6, 6.07) is 6.81. The molecule has 0 saturated heterocycles. The second-order valence-corrected chi connectivity index (χ2v) is 6.24. The fraction of sp³-hybridized carbons (Fsp3) is 0.462. The van der Waals surface area contributed by atoms with Gasteiger partial charge >= 0.3 is 0 Å². The van der Waals surface area contributed by atoms with Crippen LogP contribution in [0.1, 0.15) is 43.4 Å². The molecule has 0 amide bonds. The highest BCUT2D eigenvalue weighted by atomic mass is 79.9. The molecule has 1 atom stereocenters. The minimum Gasteiger partial charge on any atom is -0.324 e. The van der Waals surface area contributed by atoms with Crippen LogP contribution in [0, 0.1) is 0 Å². The Balaban J connectivity index is 2.24. The maximum Gasteiger partial charge on any atom is 0.127 e. The van der Waals surface area contributed by atoms with Crippen LogP contribution in [0.25, 0.3) is 11.0 Å². The van der Waals surface area contributed by atoms with Crippen molar-refractivity contribution in [2.24, 2.45) is 0 Å². The molecule has 1 aliphatic rings. The summed E-state index contributed by atoms with van der Waals surface area (Å²) < 4.78 is 3.43. The van der Waals surface area contributed by atoms with E-state index in [1.54, 1.807) is 0 Å². The van der Waals surface area contributed by atoms with E-state index in [4.69, 9.17) is 11.6 Å². The Morgan fingerprint density at radius 3 is 2.82 bits per heavy atom. The van der Waals surface area contributed by atoms with Gasteiger partial charge in [-0.25, -0.2) is 4.98 Å². The number of rotatable bonds is 2. The Hall–Kier alpha value is -0.540. The SMILES string of the molecule is CC(Cl)c1nc2ccc(Br)cc2n1C1CCC1. The van der Waals surface area contributed by atoms with Gasteiger partial charge in [-0.1, -0.05) is 15.9 Å². The van der Waals surface area contributed by atoms with Gasteiger partial charge in [-0.2, -0.15) is 0 Å². The maximum atomic E-state index is 6.25. The van der Waals surface area contributed by atoms with Crippen LogP contribution in [0.5, 0.6) is 0 Å². The first-order valence-corrected chi connectivity index (χ1v) is 7.21. The summed E-state index contributed by atoms with van der Waals surface area (Å²) in [6.07, 6.45) is 3.80. The molecule has 1 saturated carbocycles. The number of alkyl halides is 1. The van der Waals surface area contributed by atoms with E-state index in [0.29, 0.717) is 6.04 Å². The normalized spacial score (nSPS) is 18.3. The van der Waals surface area contributed by atoms with Crippen LogP contribution in [0.4, 0.5) is 0 Å². The van der Waals surface area contributed by atoms with Crippen molar-refractivity contribution in [3.63, 3.8) is 0 Å². The predicted octanol–water partition coefficient (Wildman–Crippen LogP) is 4.82. The second-order valence-electron chi connectivity index (χ2n) is 4.67. The molecule has 1 heterocycles. The Labute approximate surface area is 114 Å². The Morgan fingerprint density at radius 2 is 2.24 bits per heavy atom. The quantitative estimate of drug-likeness (QED) is 0.727. The first-order chi connectivity index (χ1) is 8.16. The van der Waals surface area contributed by atoms with Crippen molar-refractivity contribution in [2.45, 2.75) is 37.6 Å². The van der Waals surface area contributed by atoms with Gasteiger partial charge in [0.15, 0.2) is 0 Å². The van der Waals surface area contributed by atoms with Crippen LogP contribution < -0.4 is 0 Å². The molecule has 90 valence electrons. The van der Waals surface area contributed by atoms with E-state index in [9.17, 15) is 0 Å². The van der Waals surface area contributed by atoms with Crippen LogP contribution >= 0.6 is 27.5 Å². The van der Waals surface area contributed by atoms with Crippen molar-refractivity contribution in [1.29, 1.82) is 0 Å². The number of fused-ring (bicyclic) bond motifs is 1. The van der Waals surface area contributed by atoms with E-state index < -0.39 is 0 Å². The third-order valence-corrected chi connectivity index (χ3v) is 4.16. The Bertz CT molecular complexity index is 558. The summed E-state index contributed by atoms with van der Waals surface area (Å²) in [7, 11) is 0. The molecule has 0 bridgehead atoms. The van der Waals surface area contributed by atoms with Crippen molar-refractivity contribution in [3.8, 4) is 0 Å². The lowest BCUT2D eigenvalue weighted by Gasteiger charge is -2.29. The molecule has 0 spiro atoms. The van der Waals surface area contributed by atoms with Gasteiger partial charge in [0.05, 0.1) is 16.4 Å². The molecule has 0 N–H and O–H groups in total. The van der Waals surface area contributed by atoms with Gasteiger partial charge in [0.2, 0.25) is 0 Å². The molecule has 4 heteroatoms. The zero-order chi connectivity index (χ0) is 12.0. The van der Waals surface area contributed by atoms with E-state index in [1.165, 1.54) is 24.8 Å². The molecule has 17 heavy (non-hydrogen) atoms. The fourth-order valence-corrected chi connectivity index (χ4v) is 2.90. The fourth-order valence-electron chi connectivity index (χ4n) is 2.39. The molecule has 3 rings (SSSR count). The van der Waals surface area contributed by atoms with Crippen molar-refractivity contribution < 1.29 is 0 Å². The van der Waals surface area contributed by atoms with Crippen LogP contribution in [-0.2, 0) is 0 Å². The average molecular weight is 314 g/mol. The van der Waals surface area contributed by atoms with Crippen molar-refractivity contribution in [3.05, 3.63) is 28.5 Å². The summed E-state index contributed by atoms with van der Waals surface area (Å²) in [5.74, 6) is 1.00. The van der Waals surface area contributed by atoms with Gasteiger partial charge in [0.1, 0.15) is 5.82 Å². The molecule has 1 aromatic carbocycles. The average Bonchev–Trinajstić information content (AvgIpc) is 2.55. The monoisotopic (exact) mass is 312 g/mol. The summed E-state index contributed by atoms with van der Waals surface area (Å²) >= 11 is 9.78. The molecule has 1 aromatic heterocycles. The summed E-state index contributed by atoms with van der Waals surface area (Å²) in [4.78, 5) is 4.67. The molecule has 2 nitrogen and oxygen atoms in total. The van der Waals surface area contributed by atoms with Crippen LogP contribution in [0.2, 0.25) is 0 Å². The van der Waals surface area contributed by atoms with E-state index in [0.717, 1.165) is 15.8 Å². The zero-order valence-electron chi connectivity index (χ0n) is 9.66. The van der Waals surface area contributed by atoms with Crippen molar-refractivity contribution in [1.82, 2.24) is 9.55 Å². The maximum absolute atomic E-state index is 6.25. The topological polar surface area (TPSA) is 17.8 Å². The number of hydrogen-bond donors (Lipinski definition) is 0. The zero-order valence-corrected chi connectivity index (χ0v) is 12.0. The number of imidazole rings is 1. The van der Waals surface area contributed by atoms with Crippen LogP contribution in [-0.4, -0.2) is 9.55 Å². The van der Waals surface area contributed by atoms with Gasteiger partial charge in [-0.05, 0) is 44.4 Å². The molecule has 1 unspecified atom stereocenters. The second kappa shape index (κ2) is 4.29. The van der Waals surface area contributed by atoms with Gasteiger partial charge in [-0.3, -0.25) is 0 Å². The number of benzene rings is 1. The highest BCUT2D eigenvalue weighted by molar-refractivity contribution is 9.10. The molecule has 2 aromatic rings. The molecular weight excluding hydrogens is 300 g/mol. The van der Waals surface area contributed by atoms with E-state index in [1.807, 2.05) is 13.0 Å². The molecule has 1 aliphatic carbocycles. The lowest BCUT2D eigenvalue weighted by Crippen LogP contribution is -2.19. The minimum atomic E-state index is -0.0400. The molecular formula is C13H14BrClN2. The summed E-state index contributed by atoms with van der Waals surface area (Å²) in [5, 5.41) is -0.0400. The van der Waals surface area contributed by atoms with Crippen LogP contribution in [0.15, 0.2) is 22.7 Å². The summed E-state index contributed by atoms with van der Waals surface area (Å²) in [6.45, 7) is 1.99. The van der Waals surface area contributed by atoms with Gasteiger partial charge in [-0.15, -0.1) is 11.6 Å². The van der Waals surface area contributed by atoms with Gasteiger partial charge in [0.25, 0.3) is 0 Å². The first kappa shape index (κ1) is 11.5. The molecule has 1 fully saturated rings. The predicted molar refractivity (Wildman–Crippen MR) is 74.6 cm³/mol. The largest absolute Gasteiger partial charge is 0.324 e. The van der Waals surface area contributed by atoms with E-state index in [-0.39, 0.29) is 5.38 Å². The van der Waals surface area contributed by atoms with Crippen LogP contribution in [0.3, 0.4) is 0 Å². The molecule has 0 aliphatic heterocycles. The third kappa shape index (κ3) is 1.89. The van der Waals surface area contributed by atoms with Crippen molar-refractivity contribution >= 4 is 38.6 Å². The Kier molecular flexibility index (Phi) is 2.91. The van der Waals surface area contributed by atoms with E-state index >= 15 is 0 Å². The van der Waals surface area contributed by atoms with Gasteiger partial charge < -0.3 is 4.57 Å². The highest BCUT2D eigenvalue weighted by Crippen LogP contribution is 2.38.